The maximum absolute atomic E-state index is 6.29. The van der Waals surface area contributed by atoms with E-state index in [1.807, 2.05) is 48.4 Å². The molecule has 0 bridgehead atoms. The second kappa shape index (κ2) is 5.94. The fraction of sp³-hybridized carbons (Fsp3) is 0.263. The van der Waals surface area contributed by atoms with Gasteiger partial charge in [-0.05, 0) is 43.0 Å². The Labute approximate surface area is 150 Å². The molecule has 1 unspecified atom stereocenters. The Kier molecular flexibility index (Phi) is 3.44. The van der Waals surface area contributed by atoms with Crippen LogP contribution in [-0.2, 0) is 13.5 Å². The molecule has 1 aliphatic rings. The summed E-state index contributed by atoms with van der Waals surface area (Å²) in [6.45, 7) is 0. The fourth-order valence-electron chi connectivity index (χ4n) is 3.54. The minimum Gasteiger partial charge on any atom is -0.484 e. The maximum atomic E-state index is 6.29. The van der Waals surface area contributed by atoms with Gasteiger partial charge in [0.25, 0.3) is 0 Å². The highest BCUT2D eigenvalue weighted by Gasteiger charge is 2.23. The first-order valence-corrected chi connectivity index (χ1v) is 8.72. The van der Waals surface area contributed by atoms with Gasteiger partial charge in [-0.15, -0.1) is 0 Å². The predicted octanol–water partition coefficient (Wildman–Crippen LogP) is 3.01. The summed E-state index contributed by atoms with van der Waals surface area (Å²) in [6, 6.07) is 8.09. The van der Waals surface area contributed by atoms with Gasteiger partial charge in [-0.3, -0.25) is 4.68 Å². The molecule has 0 aliphatic heterocycles. The number of ether oxygens (including phenoxy) is 1. The Morgan fingerprint density at radius 2 is 2.12 bits per heavy atom. The molecule has 0 saturated carbocycles. The minimum atomic E-state index is -0.0559. The summed E-state index contributed by atoms with van der Waals surface area (Å²) >= 11 is 0. The quantitative estimate of drug-likeness (QED) is 0.570. The largest absolute Gasteiger partial charge is 0.484 e. The molecule has 0 fully saturated rings. The number of benzene rings is 1. The summed E-state index contributed by atoms with van der Waals surface area (Å²) in [4.78, 5) is 0. The number of hydrogen-bond acceptors (Lipinski definition) is 5. The Hall–Kier alpha value is -3.22. The lowest BCUT2D eigenvalue weighted by Gasteiger charge is -2.24. The fourth-order valence-corrected chi connectivity index (χ4v) is 3.54. The molecule has 7 heteroatoms. The third-order valence-corrected chi connectivity index (χ3v) is 4.81. The highest BCUT2D eigenvalue weighted by Crippen LogP contribution is 2.33. The molecule has 130 valence electrons. The van der Waals surface area contributed by atoms with Gasteiger partial charge >= 0.3 is 0 Å². The molecule has 5 rings (SSSR count). The Morgan fingerprint density at radius 1 is 1.15 bits per heavy atom. The highest BCUT2D eigenvalue weighted by molar-refractivity contribution is 5.81. The van der Waals surface area contributed by atoms with Crippen LogP contribution in [-0.4, -0.2) is 29.8 Å². The molecule has 0 saturated heterocycles. The summed E-state index contributed by atoms with van der Waals surface area (Å²) < 4.78 is 9.93. The normalized spacial score (nSPS) is 16.6. The van der Waals surface area contributed by atoms with Gasteiger partial charge in [0.15, 0.2) is 0 Å². The van der Waals surface area contributed by atoms with E-state index in [1.165, 1.54) is 5.56 Å². The Bertz CT molecular complexity index is 1080. The maximum Gasteiger partial charge on any atom is 0.143 e. The summed E-state index contributed by atoms with van der Waals surface area (Å²) in [6.07, 6.45) is 10.4. The molecule has 4 aromatic rings. The van der Waals surface area contributed by atoms with Crippen molar-refractivity contribution in [2.45, 2.75) is 25.4 Å². The van der Waals surface area contributed by atoms with Crippen molar-refractivity contribution in [3.8, 4) is 11.4 Å². The van der Waals surface area contributed by atoms with E-state index in [2.05, 4.69) is 20.4 Å². The number of fused-ring (bicyclic) bond motifs is 2. The molecule has 0 N–H and O–H groups in total. The molecule has 3 heterocycles. The molecular weight excluding hydrogens is 328 g/mol. The zero-order chi connectivity index (χ0) is 17.5. The van der Waals surface area contributed by atoms with E-state index in [-0.39, 0.29) is 6.10 Å². The first kappa shape index (κ1) is 15.1. The van der Waals surface area contributed by atoms with E-state index in [0.29, 0.717) is 0 Å². The van der Waals surface area contributed by atoms with Crippen molar-refractivity contribution in [2.75, 3.05) is 0 Å². The van der Waals surface area contributed by atoms with Crippen molar-refractivity contribution in [3.63, 3.8) is 0 Å². The van der Waals surface area contributed by atoms with Gasteiger partial charge in [-0.2, -0.15) is 20.4 Å². The van der Waals surface area contributed by atoms with E-state index < -0.39 is 0 Å². The lowest BCUT2D eigenvalue weighted by Crippen LogP contribution is -2.17. The number of rotatable bonds is 3. The second-order valence-electron chi connectivity index (χ2n) is 6.59. The molecule has 1 atom stereocenters. The third-order valence-electron chi connectivity index (χ3n) is 4.81. The van der Waals surface area contributed by atoms with E-state index in [1.54, 1.807) is 17.1 Å². The molecule has 7 nitrogen and oxygen atoms in total. The zero-order valence-corrected chi connectivity index (χ0v) is 14.4. The molecule has 26 heavy (non-hydrogen) atoms. The van der Waals surface area contributed by atoms with Crippen LogP contribution in [0.25, 0.3) is 16.6 Å². The predicted molar refractivity (Wildman–Crippen MR) is 96.2 cm³/mol. The van der Waals surface area contributed by atoms with Crippen LogP contribution >= 0.6 is 0 Å². The third kappa shape index (κ3) is 2.52. The first-order chi connectivity index (χ1) is 12.8. The van der Waals surface area contributed by atoms with Crippen molar-refractivity contribution >= 4 is 10.9 Å². The van der Waals surface area contributed by atoms with Crippen LogP contribution in [0.2, 0.25) is 0 Å². The van der Waals surface area contributed by atoms with Crippen LogP contribution in [0.3, 0.4) is 0 Å². The van der Waals surface area contributed by atoms with Gasteiger partial charge in [0, 0.05) is 24.7 Å². The number of nitrogens with zero attached hydrogens (tertiary/aromatic N) is 6. The van der Waals surface area contributed by atoms with Gasteiger partial charge in [-0.25, -0.2) is 4.68 Å². The van der Waals surface area contributed by atoms with E-state index in [9.17, 15) is 0 Å². The molecule has 1 aromatic carbocycles. The highest BCUT2D eigenvalue weighted by atomic mass is 16.5. The molecule has 3 aromatic heterocycles. The van der Waals surface area contributed by atoms with Crippen LogP contribution in [0, 0.1) is 0 Å². The Morgan fingerprint density at radius 3 is 3.00 bits per heavy atom. The second-order valence-corrected chi connectivity index (χ2v) is 6.59. The molecule has 0 spiro atoms. The van der Waals surface area contributed by atoms with Crippen LogP contribution in [0.15, 0.2) is 49.1 Å². The van der Waals surface area contributed by atoms with Gasteiger partial charge in [0.05, 0.1) is 24.1 Å². The van der Waals surface area contributed by atoms with Crippen molar-refractivity contribution in [2.24, 2.45) is 7.05 Å². The first-order valence-electron chi connectivity index (χ1n) is 8.72. The van der Waals surface area contributed by atoms with Gasteiger partial charge in [0.2, 0.25) is 0 Å². The minimum absolute atomic E-state index is 0.0559. The van der Waals surface area contributed by atoms with Crippen molar-refractivity contribution in [1.82, 2.24) is 29.8 Å². The van der Waals surface area contributed by atoms with Gasteiger partial charge in [0.1, 0.15) is 23.2 Å². The van der Waals surface area contributed by atoms with Crippen LogP contribution in [0.5, 0.6) is 5.75 Å². The summed E-state index contributed by atoms with van der Waals surface area (Å²) in [5, 5.41) is 18.1. The standard InChI is InChI=1S/C19H18N6O/c1-24-12-15(11-21-24)25-17-9-16(6-5-14(17)10-22-25)26-18-4-2-3-13-7-8-20-23-19(13)18/h5-12,18H,2-4H2,1H3. The lowest BCUT2D eigenvalue weighted by atomic mass is 9.94. The van der Waals surface area contributed by atoms with E-state index in [4.69, 9.17) is 4.74 Å². The van der Waals surface area contributed by atoms with Gasteiger partial charge in [-0.1, -0.05) is 0 Å². The van der Waals surface area contributed by atoms with E-state index >= 15 is 0 Å². The summed E-state index contributed by atoms with van der Waals surface area (Å²) in [5.74, 6) is 0.812. The van der Waals surface area contributed by atoms with Crippen LogP contribution < -0.4 is 4.74 Å². The van der Waals surface area contributed by atoms with Crippen molar-refractivity contribution < 1.29 is 4.74 Å². The summed E-state index contributed by atoms with van der Waals surface area (Å²) in [5.41, 5.74) is 4.11. The molecule has 0 amide bonds. The summed E-state index contributed by atoms with van der Waals surface area (Å²) in [7, 11) is 1.89. The topological polar surface area (TPSA) is 70.7 Å². The van der Waals surface area contributed by atoms with Crippen LogP contribution in [0.1, 0.15) is 30.2 Å². The average molecular weight is 346 g/mol. The lowest BCUT2D eigenvalue weighted by molar-refractivity contribution is 0.177. The van der Waals surface area contributed by atoms with Gasteiger partial charge < -0.3 is 4.74 Å². The molecule has 1 aliphatic carbocycles. The number of aromatic nitrogens is 6. The molecular formula is C19H18N6O. The molecule has 0 radical (unpaired) electrons. The van der Waals surface area contributed by atoms with Crippen LogP contribution in [0.4, 0.5) is 0 Å². The number of hydrogen-bond donors (Lipinski definition) is 0. The zero-order valence-electron chi connectivity index (χ0n) is 14.4. The van der Waals surface area contributed by atoms with E-state index in [0.717, 1.165) is 47.3 Å². The van der Waals surface area contributed by atoms with Crippen molar-refractivity contribution in [1.29, 1.82) is 0 Å². The SMILES string of the molecule is Cn1cc(-n2ncc3ccc(OC4CCCc5ccnnc54)cc32)cn1. The monoisotopic (exact) mass is 346 g/mol. The smallest absolute Gasteiger partial charge is 0.143 e. The number of aryl methyl sites for hydroxylation is 2. The van der Waals surface area contributed by atoms with Crippen molar-refractivity contribution in [3.05, 3.63) is 60.3 Å². The Balaban J connectivity index is 1.51. The average Bonchev–Trinajstić information content (AvgIpc) is 3.27.